The molecule has 1 aromatic carbocycles. The van der Waals surface area contributed by atoms with Gasteiger partial charge >= 0.3 is 0 Å². The number of rotatable bonds is 2. The minimum atomic E-state index is 0.603. The number of hydrogen-bond acceptors (Lipinski definition) is 1. The van der Waals surface area contributed by atoms with Crippen molar-refractivity contribution in [3.63, 3.8) is 0 Å². The molecule has 1 saturated heterocycles. The number of H-pyrrole nitrogens is 1. The third-order valence-electron chi connectivity index (χ3n) is 4.11. The van der Waals surface area contributed by atoms with Gasteiger partial charge in [-0.3, -0.25) is 0 Å². The summed E-state index contributed by atoms with van der Waals surface area (Å²) in [5, 5.41) is 4.80. The van der Waals surface area contributed by atoms with Crippen molar-refractivity contribution in [1.29, 1.82) is 0 Å². The topological polar surface area (TPSA) is 27.8 Å². The number of aromatic nitrogens is 1. The maximum atomic E-state index is 3.60. The molecule has 2 heterocycles. The first-order valence-corrected chi connectivity index (χ1v) is 8.07. The van der Waals surface area contributed by atoms with Crippen LogP contribution < -0.4 is 5.32 Å². The molecule has 2 N–H and O–H groups in total. The van der Waals surface area contributed by atoms with Crippen molar-refractivity contribution in [2.24, 2.45) is 0 Å². The summed E-state index contributed by atoms with van der Waals surface area (Å²) in [7, 11) is 0. The average Bonchev–Trinajstić information content (AvgIpc) is 2.93. The second-order valence-corrected chi connectivity index (χ2v) is 5.75. The van der Waals surface area contributed by atoms with E-state index in [4.69, 9.17) is 0 Å². The van der Waals surface area contributed by atoms with Crippen molar-refractivity contribution in [3.8, 4) is 0 Å². The summed E-state index contributed by atoms with van der Waals surface area (Å²) in [6.45, 7) is 10.8. The summed E-state index contributed by atoms with van der Waals surface area (Å²) in [4.78, 5) is 3.60. The molecule has 0 spiro atoms. The minimum absolute atomic E-state index is 0.603. The standard InChI is InChI=1S/C16H22N2.C2H6/c1-11(2)13-3-4-15-14(9-13)10-16(18-15)12-5-7-17-8-6-12;1-2/h3-4,9-12,17-18H,5-8H2,1-2H3;1-2H3. The van der Waals surface area contributed by atoms with Gasteiger partial charge in [-0.2, -0.15) is 0 Å². The van der Waals surface area contributed by atoms with Crippen LogP contribution in [0.15, 0.2) is 24.3 Å². The fraction of sp³-hybridized carbons (Fsp3) is 0.556. The van der Waals surface area contributed by atoms with Gasteiger partial charge in [0.2, 0.25) is 0 Å². The number of aromatic amines is 1. The van der Waals surface area contributed by atoms with Gasteiger partial charge in [-0.25, -0.2) is 0 Å². The number of piperidine rings is 1. The summed E-state index contributed by atoms with van der Waals surface area (Å²) >= 11 is 0. The number of fused-ring (bicyclic) bond motifs is 1. The molecule has 0 bridgehead atoms. The van der Waals surface area contributed by atoms with Crippen molar-refractivity contribution in [1.82, 2.24) is 10.3 Å². The highest BCUT2D eigenvalue weighted by Gasteiger charge is 2.17. The summed E-state index contributed by atoms with van der Waals surface area (Å²) < 4.78 is 0. The van der Waals surface area contributed by atoms with Crippen LogP contribution in [0.3, 0.4) is 0 Å². The van der Waals surface area contributed by atoms with Gasteiger partial charge in [0, 0.05) is 17.1 Å². The van der Waals surface area contributed by atoms with E-state index in [-0.39, 0.29) is 0 Å². The minimum Gasteiger partial charge on any atom is -0.358 e. The molecule has 20 heavy (non-hydrogen) atoms. The van der Waals surface area contributed by atoms with Gasteiger partial charge in [-0.1, -0.05) is 33.8 Å². The molecule has 1 aromatic heterocycles. The van der Waals surface area contributed by atoms with Crippen LogP contribution >= 0.6 is 0 Å². The van der Waals surface area contributed by atoms with Gasteiger partial charge < -0.3 is 10.3 Å². The molecule has 2 heteroatoms. The zero-order chi connectivity index (χ0) is 14.5. The van der Waals surface area contributed by atoms with Crippen molar-refractivity contribution >= 4 is 10.9 Å². The van der Waals surface area contributed by atoms with Gasteiger partial charge in [0.1, 0.15) is 0 Å². The molecule has 2 nitrogen and oxygen atoms in total. The molecule has 3 rings (SSSR count). The first kappa shape index (κ1) is 15.1. The number of hydrogen-bond donors (Lipinski definition) is 2. The zero-order valence-electron chi connectivity index (χ0n) is 13.3. The highest BCUT2D eigenvalue weighted by Crippen LogP contribution is 2.29. The largest absolute Gasteiger partial charge is 0.358 e. The predicted octanol–water partition coefficient (Wildman–Crippen LogP) is 4.78. The van der Waals surface area contributed by atoms with E-state index in [0.29, 0.717) is 11.8 Å². The maximum absolute atomic E-state index is 3.60. The van der Waals surface area contributed by atoms with Crippen LogP contribution in [-0.2, 0) is 0 Å². The van der Waals surface area contributed by atoms with Gasteiger partial charge in [0.25, 0.3) is 0 Å². The summed E-state index contributed by atoms with van der Waals surface area (Å²) in [5.74, 6) is 1.31. The fourth-order valence-electron chi connectivity index (χ4n) is 2.89. The van der Waals surface area contributed by atoms with Crippen LogP contribution in [0.2, 0.25) is 0 Å². The van der Waals surface area contributed by atoms with Crippen LogP contribution in [0.1, 0.15) is 63.6 Å². The molecule has 110 valence electrons. The molecular formula is C18H28N2. The normalized spacial score (nSPS) is 16.2. The van der Waals surface area contributed by atoms with Crippen molar-refractivity contribution in [2.45, 2.75) is 52.4 Å². The lowest BCUT2D eigenvalue weighted by atomic mass is 9.94. The molecule has 1 aliphatic rings. The molecule has 0 amide bonds. The Bertz CT molecular complexity index is 533. The Hall–Kier alpha value is -1.28. The van der Waals surface area contributed by atoms with E-state index >= 15 is 0 Å². The Balaban J connectivity index is 0.000000704. The second-order valence-electron chi connectivity index (χ2n) is 5.75. The Morgan fingerprint density at radius 2 is 1.75 bits per heavy atom. The van der Waals surface area contributed by atoms with E-state index in [1.807, 2.05) is 13.8 Å². The highest BCUT2D eigenvalue weighted by molar-refractivity contribution is 5.81. The Morgan fingerprint density at radius 3 is 2.40 bits per heavy atom. The van der Waals surface area contributed by atoms with Gasteiger partial charge in [0.15, 0.2) is 0 Å². The first-order chi connectivity index (χ1) is 9.74. The van der Waals surface area contributed by atoms with E-state index in [1.165, 1.54) is 35.0 Å². The smallest absolute Gasteiger partial charge is 0.0456 e. The molecule has 0 unspecified atom stereocenters. The molecule has 0 atom stereocenters. The number of nitrogens with one attached hydrogen (secondary N) is 2. The Labute approximate surface area is 123 Å². The Kier molecular flexibility index (Phi) is 5.24. The SMILES string of the molecule is CC.CC(C)c1ccc2[nH]c(C3CCNCC3)cc2c1. The quantitative estimate of drug-likeness (QED) is 0.808. The summed E-state index contributed by atoms with van der Waals surface area (Å²) in [5.41, 5.74) is 4.14. The zero-order valence-corrected chi connectivity index (χ0v) is 13.3. The lowest BCUT2D eigenvalue weighted by molar-refractivity contribution is 0.455. The van der Waals surface area contributed by atoms with Crippen LogP contribution in [-0.4, -0.2) is 18.1 Å². The first-order valence-electron chi connectivity index (χ1n) is 8.07. The molecule has 1 aliphatic heterocycles. The van der Waals surface area contributed by atoms with Gasteiger partial charge in [-0.05, 0) is 61.0 Å². The maximum Gasteiger partial charge on any atom is 0.0456 e. The van der Waals surface area contributed by atoms with Crippen LogP contribution in [0.4, 0.5) is 0 Å². The lowest BCUT2D eigenvalue weighted by Crippen LogP contribution is -2.26. The predicted molar refractivity (Wildman–Crippen MR) is 88.6 cm³/mol. The van der Waals surface area contributed by atoms with E-state index in [1.54, 1.807) is 0 Å². The summed E-state index contributed by atoms with van der Waals surface area (Å²) in [6.07, 6.45) is 2.51. The molecule has 1 fully saturated rings. The third-order valence-corrected chi connectivity index (χ3v) is 4.11. The fourth-order valence-corrected chi connectivity index (χ4v) is 2.89. The Morgan fingerprint density at radius 1 is 1.05 bits per heavy atom. The van der Waals surface area contributed by atoms with E-state index in [0.717, 1.165) is 13.1 Å². The summed E-state index contributed by atoms with van der Waals surface area (Å²) in [6, 6.07) is 9.17. The van der Waals surface area contributed by atoms with Gasteiger partial charge in [0.05, 0.1) is 0 Å². The second kappa shape index (κ2) is 6.94. The monoisotopic (exact) mass is 272 g/mol. The molecule has 0 radical (unpaired) electrons. The van der Waals surface area contributed by atoms with Crippen LogP contribution in [0, 0.1) is 0 Å². The van der Waals surface area contributed by atoms with Crippen molar-refractivity contribution in [3.05, 3.63) is 35.5 Å². The van der Waals surface area contributed by atoms with E-state index < -0.39 is 0 Å². The van der Waals surface area contributed by atoms with Crippen molar-refractivity contribution < 1.29 is 0 Å². The van der Waals surface area contributed by atoms with Crippen LogP contribution in [0.5, 0.6) is 0 Å². The lowest BCUT2D eigenvalue weighted by Gasteiger charge is -2.21. The molecule has 2 aromatic rings. The van der Waals surface area contributed by atoms with Crippen LogP contribution in [0.25, 0.3) is 10.9 Å². The molecule has 0 aliphatic carbocycles. The molecular weight excluding hydrogens is 244 g/mol. The van der Waals surface area contributed by atoms with Crippen molar-refractivity contribution in [2.75, 3.05) is 13.1 Å². The third kappa shape index (κ3) is 3.24. The number of benzene rings is 1. The average molecular weight is 272 g/mol. The van der Waals surface area contributed by atoms with E-state index in [9.17, 15) is 0 Å². The highest BCUT2D eigenvalue weighted by atomic mass is 14.9. The van der Waals surface area contributed by atoms with E-state index in [2.05, 4.69) is 48.4 Å². The van der Waals surface area contributed by atoms with Gasteiger partial charge in [-0.15, -0.1) is 0 Å². The molecule has 0 saturated carbocycles.